The van der Waals surface area contributed by atoms with E-state index in [1.165, 1.54) is 0 Å². The molecule has 8 heteroatoms. The Labute approximate surface area is 168 Å². The first kappa shape index (κ1) is 17.7. The highest BCUT2D eigenvalue weighted by atomic mass is 16.6. The molecule has 1 fully saturated rings. The number of ether oxygens (including phenoxy) is 3. The summed E-state index contributed by atoms with van der Waals surface area (Å²) in [6.07, 6.45) is 5.44. The Kier molecular flexibility index (Phi) is 4.83. The molecule has 0 atom stereocenters. The summed E-state index contributed by atoms with van der Waals surface area (Å²) in [5.74, 6) is 1.98. The van der Waals surface area contributed by atoms with Gasteiger partial charge in [-0.3, -0.25) is 4.98 Å². The lowest BCUT2D eigenvalue weighted by Gasteiger charge is -2.28. The summed E-state index contributed by atoms with van der Waals surface area (Å²) >= 11 is 0. The number of pyridine rings is 1. The first-order valence-corrected chi connectivity index (χ1v) is 9.63. The van der Waals surface area contributed by atoms with Crippen molar-refractivity contribution in [1.29, 1.82) is 0 Å². The van der Waals surface area contributed by atoms with E-state index in [4.69, 9.17) is 14.2 Å². The number of nitrogens with zero attached hydrogens (tertiary/aromatic N) is 4. The first-order chi connectivity index (χ1) is 14.3. The molecule has 2 aliphatic rings. The average Bonchev–Trinajstić information content (AvgIpc) is 2.80. The van der Waals surface area contributed by atoms with Crippen LogP contribution < -0.4 is 19.7 Å². The van der Waals surface area contributed by atoms with Crippen LogP contribution in [0.4, 0.5) is 17.3 Å². The molecule has 2 aliphatic heterocycles. The van der Waals surface area contributed by atoms with Crippen molar-refractivity contribution >= 4 is 17.3 Å². The van der Waals surface area contributed by atoms with E-state index in [2.05, 4.69) is 31.2 Å². The van der Waals surface area contributed by atoms with Crippen molar-refractivity contribution in [1.82, 2.24) is 15.0 Å². The largest absolute Gasteiger partial charge is 0.486 e. The molecule has 1 N–H and O–H groups in total. The highest BCUT2D eigenvalue weighted by Gasteiger charge is 2.14. The van der Waals surface area contributed by atoms with Crippen molar-refractivity contribution in [2.24, 2.45) is 0 Å². The second-order valence-corrected chi connectivity index (χ2v) is 6.78. The number of anilines is 3. The van der Waals surface area contributed by atoms with E-state index in [0.717, 1.165) is 60.4 Å². The van der Waals surface area contributed by atoms with Gasteiger partial charge in [0, 0.05) is 42.8 Å². The van der Waals surface area contributed by atoms with Gasteiger partial charge in [-0.05, 0) is 24.3 Å². The fourth-order valence-electron chi connectivity index (χ4n) is 3.39. The number of hydrogen-bond donors (Lipinski definition) is 1. The Bertz CT molecular complexity index is 1010. The topological polar surface area (TPSA) is 81.6 Å². The quantitative estimate of drug-likeness (QED) is 0.727. The third kappa shape index (κ3) is 3.93. The smallest absolute Gasteiger partial charge is 0.227 e. The molecular formula is C21H21N5O3. The second kappa shape index (κ2) is 7.92. The van der Waals surface area contributed by atoms with Crippen molar-refractivity contribution in [2.75, 3.05) is 49.7 Å². The van der Waals surface area contributed by atoms with Crippen LogP contribution in [0.1, 0.15) is 0 Å². The number of nitrogens with one attached hydrogen (secondary N) is 1. The third-order valence-corrected chi connectivity index (χ3v) is 4.85. The summed E-state index contributed by atoms with van der Waals surface area (Å²) < 4.78 is 16.6. The van der Waals surface area contributed by atoms with Gasteiger partial charge in [0.25, 0.3) is 0 Å². The SMILES string of the molecule is c1cc(-c2cncc(N3CCOCC3)c2)nc(Nc2ccc3c(c2)OCCO3)n1. The molecule has 4 heterocycles. The number of fused-ring (bicyclic) bond motifs is 1. The highest BCUT2D eigenvalue weighted by Crippen LogP contribution is 2.33. The first-order valence-electron chi connectivity index (χ1n) is 9.63. The zero-order chi connectivity index (χ0) is 19.5. The Morgan fingerprint density at radius 2 is 1.76 bits per heavy atom. The van der Waals surface area contributed by atoms with Crippen LogP contribution in [0.3, 0.4) is 0 Å². The molecule has 0 amide bonds. The molecule has 0 radical (unpaired) electrons. The summed E-state index contributed by atoms with van der Waals surface area (Å²) in [5.41, 5.74) is 3.67. The molecule has 0 bridgehead atoms. The molecule has 1 aromatic carbocycles. The summed E-state index contributed by atoms with van der Waals surface area (Å²) in [7, 11) is 0. The third-order valence-electron chi connectivity index (χ3n) is 4.85. The monoisotopic (exact) mass is 391 g/mol. The van der Waals surface area contributed by atoms with Crippen LogP contribution >= 0.6 is 0 Å². The zero-order valence-corrected chi connectivity index (χ0v) is 15.9. The standard InChI is InChI=1S/C21H21N5O3/c1-2-19-20(29-10-9-28-19)12-16(1)24-21-23-4-3-18(25-21)15-11-17(14-22-13-15)26-5-7-27-8-6-26/h1-4,11-14H,5-10H2,(H,23,24,25). The van der Waals surface area contributed by atoms with Crippen LogP contribution in [0.15, 0.2) is 48.9 Å². The molecule has 5 rings (SSSR count). The number of hydrogen-bond acceptors (Lipinski definition) is 8. The Hall–Kier alpha value is -3.39. The Morgan fingerprint density at radius 3 is 2.66 bits per heavy atom. The van der Waals surface area contributed by atoms with Gasteiger partial charge >= 0.3 is 0 Å². The van der Waals surface area contributed by atoms with Crippen LogP contribution in [0, 0.1) is 0 Å². The maximum atomic E-state index is 5.64. The van der Waals surface area contributed by atoms with Crippen molar-refractivity contribution in [3.05, 3.63) is 48.9 Å². The molecule has 0 aliphatic carbocycles. The van der Waals surface area contributed by atoms with E-state index in [9.17, 15) is 0 Å². The minimum absolute atomic E-state index is 0.510. The number of rotatable bonds is 4. The Morgan fingerprint density at radius 1 is 0.897 bits per heavy atom. The molecule has 0 unspecified atom stereocenters. The average molecular weight is 391 g/mol. The van der Waals surface area contributed by atoms with E-state index >= 15 is 0 Å². The van der Waals surface area contributed by atoms with Crippen LogP contribution in [-0.2, 0) is 4.74 Å². The molecule has 29 heavy (non-hydrogen) atoms. The molecule has 0 saturated carbocycles. The van der Waals surface area contributed by atoms with Gasteiger partial charge in [-0.15, -0.1) is 0 Å². The van der Waals surface area contributed by atoms with Crippen LogP contribution in [0.25, 0.3) is 11.3 Å². The van der Waals surface area contributed by atoms with E-state index in [1.54, 1.807) is 6.20 Å². The van der Waals surface area contributed by atoms with Gasteiger partial charge in [0.2, 0.25) is 5.95 Å². The van der Waals surface area contributed by atoms with Gasteiger partial charge in [0.15, 0.2) is 11.5 Å². The van der Waals surface area contributed by atoms with E-state index in [0.29, 0.717) is 19.2 Å². The molecule has 8 nitrogen and oxygen atoms in total. The van der Waals surface area contributed by atoms with E-state index in [1.807, 2.05) is 36.7 Å². The molecule has 2 aromatic heterocycles. The minimum Gasteiger partial charge on any atom is -0.486 e. The molecule has 3 aromatic rings. The lowest BCUT2D eigenvalue weighted by atomic mass is 10.2. The summed E-state index contributed by atoms with van der Waals surface area (Å²) in [6, 6.07) is 9.69. The number of morpholine rings is 1. The van der Waals surface area contributed by atoms with Gasteiger partial charge in [-0.2, -0.15) is 0 Å². The lowest BCUT2D eigenvalue weighted by molar-refractivity contribution is 0.122. The van der Waals surface area contributed by atoms with Crippen molar-refractivity contribution in [2.45, 2.75) is 0 Å². The Balaban J connectivity index is 1.37. The molecule has 1 saturated heterocycles. The maximum absolute atomic E-state index is 5.64. The number of aromatic nitrogens is 3. The van der Waals surface area contributed by atoms with Crippen LogP contribution in [0.5, 0.6) is 11.5 Å². The van der Waals surface area contributed by atoms with Crippen LogP contribution in [-0.4, -0.2) is 54.5 Å². The van der Waals surface area contributed by atoms with Gasteiger partial charge in [0.05, 0.1) is 30.8 Å². The van der Waals surface area contributed by atoms with Crippen molar-refractivity contribution in [3.63, 3.8) is 0 Å². The van der Waals surface area contributed by atoms with Gasteiger partial charge in [-0.1, -0.05) is 0 Å². The van der Waals surface area contributed by atoms with Crippen LogP contribution in [0.2, 0.25) is 0 Å². The van der Waals surface area contributed by atoms with Gasteiger partial charge < -0.3 is 24.4 Å². The summed E-state index contributed by atoms with van der Waals surface area (Å²) in [4.78, 5) is 15.7. The second-order valence-electron chi connectivity index (χ2n) is 6.78. The zero-order valence-electron chi connectivity index (χ0n) is 15.9. The maximum Gasteiger partial charge on any atom is 0.227 e. The summed E-state index contributed by atoms with van der Waals surface area (Å²) in [5, 5.41) is 3.24. The van der Waals surface area contributed by atoms with E-state index in [-0.39, 0.29) is 0 Å². The highest BCUT2D eigenvalue weighted by molar-refractivity contribution is 5.66. The van der Waals surface area contributed by atoms with Crippen molar-refractivity contribution in [3.8, 4) is 22.8 Å². The van der Waals surface area contributed by atoms with Gasteiger partial charge in [0.1, 0.15) is 13.2 Å². The number of benzene rings is 1. The minimum atomic E-state index is 0.510. The predicted molar refractivity (Wildman–Crippen MR) is 109 cm³/mol. The lowest BCUT2D eigenvalue weighted by Crippen LogP contribution is -2.36. The fourth-order valence-corrected chi connectivity index (χ4v) is 3.39. The fraction of sp³-hybridized carbons (Fsp3) is 0.286. The molecular weight excluding hydrogens is 370 g/mol. The molecule has 0 spiro atoms. The van der Waals surface area contributed by atoms with E-state index < -0.39 is 0 Å². The summed E-state index contributed by atoms with van der Waals surface area (Å²) in [6.45, 7) is 4.33. The predicted octanol–water partition coefficient (Wildman–Crippen LogP) is 2.89. The van der Waals surface area contributed by atoms with Crippen molar-refractivity contribution < 1.29 is 14.2 Å². The van der Waals surface area contributed by atoms with Gasteiger partial charge in [-0.25, -0.2) is 9.97 Å². The normalized spacial score (nSPS) is 15.8. The molecule has 148 valence electrons.